The Labute approximate surface area is 79.2 Å². The van der Waals surface area contributed by atoms with E-state index in [1.165, 1.54) is 0 Å². The maximum Gasteiger partial charge on any atom is 0.0484 e. The molecule has 0 unspecified atom stereocenters. The van der Waals surface area contributed by atoms with Gasteiger partial charge in [-0.2, -0.15) is 0 Å². The minimum Gasteiger partial charge on any atom is -0.398 e. The Bertz CT molecular complexity index is 194. The molecule has 13 heavy (non-hydrogen) atoms. The highest BCUT2D eigenvalue weighted by atomic mass is 15.4. The lowest BCUT2D eigenvalue weighted by molar-refractivity contribution is 0.229. The van der Waals surface area contributed by atoms with Gasteiger partial charge in [0.15, 0.2) is 0 Å². The maximum atomic E-state index is 5.83. The van der Waals surface area contributed by atoms with E-state index in [1.807, 2.05) is 0 Å². The highest BCUT2D eigenvalue weighted by Crippen LogP contribution is 2.08. The van der Waals surface area contributed by atoms with Crippen molar-refractivity contribution in [3.8, 4) is 0 Å². The van der Waals surface area contributed by atoms with Crippen molar-refractivity contribution in [3.05, 3.63) is 24.6 Å². The zero-order valence-corrected chi connectivity index (χ0v) is 7.87. The van der Waals surface area contributed by atoms with Crippen molar-refractivity contribution in [3.63, 3.8) is 0 Å². The zero-order chi connectivity index (χ0) is 9.68. The number of nitrogens with two attached hydrogens (primary N) is 2. The smallest absolute Gasteiger partial charge is 0.0484 e. The molecular weight excluding hydrogens is 164 g/mol. The van der Waals surface area contributed by atoms with Crippen molar-refractivity contribution in [2.75, 3.05) is 13.1 Å². The molecule has 1 heterocycles. The van der Waals surface area contributed by atoms with E-state index >= 15 is 0 Å². The lowest BCUT2D eigenvalue weighted by Gasteiger charge is -2.30. The fourth-order valence-corrected chi connectivity index (χ4v) is 1.44. The molecule has 0 saturated carbocycles. The molecule has 0 aromatic rings. The Balaban J connectivity index is 2.45. The largest absolute Gasteiger partial charge is 0.398 e. The van der Waals surface area contributed by atoms with Crippen LogP contribution in [-0.2, 0) is 0 Å². The topological polar surface area (TPSA) is 67.3 Å². The fourth-order valence-electron chi connectivity index (χ4n) is 1.44. The van der Waals surface area contributed by atoms with Gasteiger partial charge in [0.2, 0.25) is 0 Å². The maximum absolute atomic E-state index is 5.83. The van der Waals surface area contributed by atoms with Gasteiger partial charge in [0, 0.05) is 17.9 Å². The quantitative estimate of drug-likeness (QED) is 0.324. The van der Waals surface area contributed by atoms with Crippen molar-refractivity contribution < 1.29 is 0 Å². The van der Waals surface area contributed by atoms with Crippen molar-refractivity contribution in [2.24, 2.45) is 11.6 Å². The average molecular weight is 182 g/mol. The van der Waals surface area contributed by atoms with Gasteiger partial charge in [-0.1, -0.05) is 6.58 Å². The Hall–Kier alpha value is -1.00. The molecule has 1 aliphatic rings. The predicted octanol–water partition coefficient (Wildman–Crippen LogP) is -0.0998. The summed E-state index contributed by atoms with van der Waals surface area (Å²) < 4.78 is 0. The van der Waals surface area contributed by atoms with E-state index in [4.69, 9.17) is 11.6 Å². The van der Waals surface area contributed by atoms with Crippen molar-refractivity contribution in [2.45, 2.75) is 18.9 Å². The van der Waals surface area contributed by atoms with Gasteiger partial charge in [0.05, 0.1) is 0 Å². The number of nitrogens with one attached hydrogen (secondary N) is 1. The number of hydrazine groups is 1. The molecule has 0 aromatic carbocycles. The minimum atomic E-state index is 0.403. The van der Waals surface area contributed by atoms with E-state index in [1.54, 1.807) is 17.3 Å². The Morgan fingerprint density at radius 3 is 2.62 bits per heavy atom. The molecular formula is C9H18N4. The third kappa shape index (κ3) is 3.08. The summed E-state index contributed by atoms with van der Waals surface area (Å²) in [6.07, 6.45) is 5.47. The van der Waals surface area contributed by atoms with Crippen LogP contribution in [0.3, 0.4) is 0 Å². The second-order valence-corrected chi connectivity index (χ2v) is 3.26. The van der Waals surface area contributed by atoms with Gasteiger partial charge in [0.25, 0.3) is 0 Å². The molecule has 1 aliphatic heterocycles. The van der Waals surface area contributed by atoms with Gasteiger partial charge in [-0.15, -0.1) is 0 Å². The van der Waals surface area contributed by atoms with Crippen LogP contribution in [0.4, 0.5) is 0 Å². The number of rotatable bonds is 3. The number of allylic oxidation sites excluding steroid dienone is 1. The molecule has 1 rings (SSSR count). The molecule has 0 aromatic heterocycles. The molecule has 1 saturated heterocycles. The lowest BCUT2D eigenvalue weighted by atomic mass is 10.1. The van der Waals surface area contributed by atoms with E-state index in [2.05, 4.69) is 11.9 Å². The standard InChI is InChI=1S/C9H18N4/c1-2-8(10)7-13(11)9-3-5-12-6-4-9/h2,7,9,12H,1,3-6,10-11H2/b8-7-. The normalized spacial score (nSPS) is 19.9. The molecule has 0 spiro atoms. The SMILES string of the molecule is C=C/C(N)=C/N(N)C1CCNCC1. The molecule has 0 aliphatic carbocycles. The lowest BCUT2D eigenvalue weighted by Crippen LogP contribution is -2.44. The highest BCUT2D eigenvalue weighted by molar-refractivity contribution is 5.10. The third-order valence-electron chi connectivity index (χ3n) is 2.26. The Morgan fingerprint density at radius 2 is 2.08 bits per heavy atom. The van der Waals surface area contributed by atoms with Crippen LogP contribution < -0.4 is 16.9 Å². The summed E-state index contributed by atoms with van der Waals surface area (Å²) in [6, 6.07) is 0.403. The minimum absolute atomic E-state index is 0.403. The van der Waals surface area contributed by atoms with E-state index in [0.717, 1.165) is 25.9 Å². The number of piperidine rings is 1. The first-order valence-corrected chi connectivity index (χ1v) is 4.57. The Kier molecular flexibility index (Phi) is 3.79. The zero-order valence-electron chi connectivity index (χ0n) is 7.87. The monoisotopic (exact) mass is 182 g/mol. The average Bonchev–Trinajstić information content (AvgIpc) is 2.19. The summed E-state index contributed by atoms with van der Waals surface area (Å²) in [5, 5.41) is 4.97. The molecule has 0 radical (unpaired) electrons. The predicted molar refractivity (Wildman–Crippen MR) is 54.4 cm³/mol. The van der Waals surface area contributed by atoms with E-state index in [-0.39, 0.29) is 0 Å². The molecule has 74 valence electrons. The fraction of sp³-hybridized carbons (Fsp3) is 0.556. The Morgan fingerprint density at radius 1 is 1.46 bits per heavy atom. The molecule has 4 nitrogen and oxygen atoms in total. The van der Waals surface area contributed by atoms with Gasteiger partial charge in [-0.05, 0) is 32.0 Å². The van der Waals surface area contributed by atoms with Gasteiger partial charge in [-0.3, -0.25) is 0 Å². The second kappa shape index (κ2) is 4.89. The molecule has 0 bridgehead atoms. The molecule has 0 amide bonds. The number of hydrogen-bond acceptors (Lipinski definition) is 4. The van der Waals surface area contributed by atoms with Crippen LogP contribution in [0.1, 0.15) is 12.8 Å². The summed E-state index contributed by atoms with van der Waals surface area (Å²) in [5.41, 5.74) is 6.20. The van der Waals surface area contributed by atoms with Crippen LogP contribution in [0.5, 0.6) is 0 Å². The van der Waals surface area contributed by atoms with Crippen molar-refractivity contribution in [1.82, 2.24) is 10.3 Å². The number of hydrogen-bond donors (Lipinski definition) is 3. The van der Waals surface area contributed by atoms with Crippen LogP contribution in [0, 0.1) is 0 Å². The van der Waals surface area contributed by atoms with Crippen LogP contribution in [0.15, 0.2) is 24.6 Å². The van der Waals surface area contributed by atoms with Crippen LogP contribution >= 0.6 is 0 Å². The number of nitrogens with zero attached hydrogens (tertiary/aromatic N) is 1. The van der Waals surface area contributed by atoms with Gasteiger partial charge < -0.3 is 16.1 Å². The summed E-state index contributed by atoms with van der Waals surface area (Å²) in [5.74, 6) is 5.83. The summed E-state index contributed by atoms with van der Waals surface area (Å²) in [7, 11) is 0. The van der Waals surface area contributed by atoms with Crippen LogP contribution in [0.25, 0.3) is 0 Å². The molecule has 4 heteroatoms. The van der Waals surface area contributed by atoms with Gasteiger partial charge in [-0.25, -0.2) is 5.84 Å². The second-order valence-electron chi connectivity index (χ2n) is 3.26. The van der Waals surface area contributed by atoms with Crippen molar-refractivity contribution >= 4 is 0 Å². The first-order valence-electron chi connectivity index (χ1n) is 4.57. The third-order valence-corrected chi connectivity index (χ3v) is 2.26. The highest BCUT2D eigenvalue weighted by Gasteiger charge is 2.15. The summed E-state index contributed by atoms with van der Waals surface area (Å²) >= 11 is 0. The van der Waals surface area contributed by atoms with E-state index < -0.39 is 0 Å². The molecule has 0 atom stereocenters. The first kappa shape index (κ1) is 10.1. The summed E-state index contributed by atoms with van der Waals surface area (Å²) in [6.45, 7) is 5.63. The molecule has 1 fully saturated rings. The van der Waals surface area contributed by atoms with E-state index in [9.17, 15) is 0 Å². The van der Waals surface area contributed by atoms with Gasteiger partial charge in [0.1, 0.15) is 0 Å². The van der Waals surface area contributed by atoms with Crippen LogP contribution in [0.2, 0.25) is 0 Å². The van der Waals surface area contributed by atoms with Crippen LogP contribution in [-0.4, -0.2) is 24.1 Å². The first-order chi connectivity index (χ1) is 6.24. The van der Waals surface area contributed by atoms with Crippen molar-refractivity contribution in [1.29, 1.82) is 0 Å². The van der Waals surface area contributed by atoms with E-state index in [0.29, 0.717) is 11.7 Å². The van der Waals surface area contributed by atoms with Gasteiger partial charge >= 0.3 is 0 Å². The molecule has 5 N–H and O–H groups in total. The summed E-state index contributed by atoms with van der Waals surface area (Å²) in [4.78, 5) is 0.